The van der Waals surface area contributed by atoms with Crippen molar-refractivity contribution in [1.82, 2.24) is 0 Å². The lowest BCUT2D eigenvalue weighted by Gasteiger charge is -2.51. The molecule has 79 heavy (non-hydrogen) atoms. The topological polar surface area (TPSA) is 452 Å². The average Bonchev–Trinajstić information content (AvgIpc) is 3.46. The molecule has 29 heteroatoms. The third-order valence-electron chi connectivity index (χ3n) is 15.6. The van der Waals surface area contributed by atoms with Crippen LogP contribution in [0.1, 0.15) is 105 Å². The molecule has 31 atom stereocenters. The van der Waals surface area contributed by atoms with Crippen molar-refractivity contribution in [1.29, 1.82) is 0 Å². The molecule has 0 amide bonds. The molecule has 462 valence electrons. The molecular formula is C50H88O29. The molecule has 0 aliphatic carbocycles. The van der Waals surface area contributed by atoms with Crippen LogP contribution in [0.4, 0.5) is 0 Å². The van der Waals surface area contributed by atoms with Crippen LogP contribution in [-0.4, -0.2) is 291 Å². The molecule has 0 aromatic rings. The highest BCUT2D eigenvalue weighted by atomic mass is 16.8. The molecule has 6 aliphatic heterocycles. The quantitative estimate of drug-likeness (QED) is 0.0360. The van der Waals surface area contributed by atoms with E-state index in [-0.39, 0.29) is 6.42 Å². The third-order valence-corrected chi connectivity index (χ3v) is 15.6. The zero-order valence-electron chi connectivity index (χ0n) is 45.1. The van der Waals surface area contributed by atoms with Crippen LogP contribution in [0.15, 0.2) is 0 Å². The number of ether oxygens (including phenoxy) is 12. The van der Waals surface area contributed by atoms with Gasteiger partial charge in [0.2, 0.25) is 0 Å². The number of hydrogen-bond acceptors (Lipinski definition) is 28. The highest BCUT2D eigenvalue weighted by Gasteiger charge is 2.58. The number of aliphatic hydroxyl groups is 15. The molecule has 0 bridgehead atoms. The molecule has 6 saturated heterocycles. The number of carboxylic acids is 1. The number of carboxylic acid groups (broad SMARTS) is 1. The number of carbonyl (C=O) groups is 1. The fourth-order valence-electron chi connectivity index (χ4n) is 10.7. The van der Waals surface area contributed by atoms with Gasteiger partial charge in [-0.15, -0.1) is 0 Å². The van der Waals surface area contributed by atoms with E-state index in [1.165, 1.54) is 27.7 Å². The van der Waals surface area contributed by atoms with Crippen molar-refractivity contribution in [3.05, 3.63) is 0 Å². The van der Waals surface area contributed by atoms with Crippen molar-refractivity contribution in [2.45, 2.75) is 296 Å². The van der Waals surface area contributed by atoms with E-state index < -0.39 is 210 Å². The van der Waals surface area contributed by atoms with Crippen molar-refractivity contribution < 1.29 is 143 Å². The zero-order chi connectivity index (χ0) is 58.2. The van der Waals surface area contributed by atoms with Crippen LogP contribution in [-0.2, 0) is 61.6 Å². The minimum absolute atomic E-state index is 0.128. The maximum Gasteiger partial charge on any atom is 0.303 e. The number of rotatable bonds is 26. The van der Waals surface area contributed by atoms with Gasteiger partial charge in [-0.3, -0.25) is 4.79 Å². The fraction of sp³-hybridized carbons (Fsp3) is 0.980. The maximum absolute atomic E-state index is 12.4. The summed E-state index contributed by atoms with van der Waals surface area (Å²) in [6, 6.07) is 0. The van der Waals surface area contributed by atoms with Crippen LogP contribution < -0.4 is 0 Å². The molecule has 6 heterocycles. The van der Waals surface area contributed by atoms with Crippen LogP contribution in [0.2, 0.25) is 0 Å². The van der Waals surface area contributed by atoms with Gasteiger partial charge in [0.1, 0.15) is 122 Å². The van der Waals surface area contributed by atoms with Gasteiger partial charge in [0.15, 0.2) is 37.7 Å². The number of unbranched alkanes of at least 4 members (excludes halogenated alkanes) is 6. The summed E-state index contributed by atoms with van der Waals surface area (Å²) < 4.78 is 72.7. The monoisotopic (exact) mass is 1150 g/mol. The molecule has 6 fully saturated rings. The number of aliphatic hydroxyl groups excluding tert-OH is 15. The number of hydrogen-bond donors (Lipinski definition) is 16. The van der Waals surface area contributed by atoms with E-state index in [0.29, 0.717) is 25.7 Å². The van der Waals surface area contributed by atoms with E-state index in [0.717, 1.165) is 38.5 Å². The van der Waals surface area contributed by atoms with E-state index >= 15 is 0 Å². The molecule has 0 spiro atoms. The molecular weight excluding hydrogens is 1060 g/mol. The van der Waals surface area contributed by atoms with E-state index in [4.69, 9.17) is 61.9 Å². The molecule has 0 radical (unpaired) electrons. The molecule has 0 aromatic heterocycles. The van der Waals surface area contributed by atoms with Crippen molar-refractivity contribution in [3.63, 3.8) is 0 Å². The largest absolute Gasteiger partial charge is 0.481 e. The normalized spacial score (nSPS) is 47.4. The summed E-state index contributed by atoms with van der Waals surface area (Å²) >= 11 is 0. The second-order valence-corrected chi connectivity index (χ2v) is 21.6. The van der Waals surface area contributed by atoms with E-state index in [9.17, 15) is 81.4 Å². The van der Waals surface area contributed by atoms with Crippen molar-refractivity contribution in [2.24, 2.45) is 0 Å². The first-order valence-corrected chi connectivity index (χ1v) is 27.6. The van der Waals surface area contributed by atoms with Crippen LogP contribution in [0.3, 0.4) is 0 Å². The first-order chi connectivity index (χ1) is 37.4. The SMILES string of the molecule is CCCC(CCCCCCCCCC(=O)O)OC1OC(C)C(O)C(O)C1OC1OC(CO)C(O)C(O)C1OC1OC(C)C(OC2OC(C)C(O)C(O)C2O)C(OC2OC(CO)C(O)C(O)C2OC2OC(C)C(O)C(O)C2O)C1O. The summed E-state index contributed by atoms with van der Waals surface area (Å²) in [6.45, 7) is 5.70. The summed E-state index contributed by atoms with van der Waals surface area (Å²) in [5.74, 6) is -0.825. The highest BCUT2D eigenvalue weighted by molar-refractivity contribution is 5.66. The molecule has 6 rings (SSSR count). The molecule has 31 unspecified atom stereocenters. The van der Waals surface area contributed by atoms with Gasteiger partial charge in [-0.1, -0.05) is 51.9 Å². The highest BCUT2D eigenvalue weighted by Crippen LogP contribution is 2.39. The van der Waals surface area contributed by atoms with E-state index in [1.54, 1.807) is 0 Å². The Morgan fingerprint density at radius 2 is 0.747 bits per heavy atom. The molecule has 16 N–H and O–H groups in total. The van der Waals surface area contributed by atoms with Crippen LogP contribution in [0, 0.1) is 0 Å². The zero-order valence-corrected chi connectivity index (χ0v) is 45.1. The third kappa shape index (κ3) is 16.2. The molecule has 0 aromatic carbocycles. The average molecular weight is 1150 g/mol. The first kappa shape index (κ1) is 66.5. The minimum atomic E-state index is -2.20. The summed E-state index contributed by atoms with van der Waals surface area (Å²) in [6.07, 6.45) is -44.8. The van der Waals surface area contributed by atoms with Gasteiger partial charge in [0.25, 0.3) is 0 Å². The van der Waals surface area contributed by atoms with Gasteiger partial charge in [0, 0.05) is 6.42 Å². The summed E-state index contributed by atoms with van der Waals surface area (Å²) in [7, 11) is 0. The Hall–Kier alpha value is -1.61. The Balaban J connectivity index is 1.27. The van der Waals surface area contributed by atoms with Crippen LogP contribution in [0.25, 0.3) is 0 Å². The van der Waals surface area contributed by atoms with Gasteiger partial charge < -0.3 is 139 Å². The maximum atomic E-state index is 12.4. The van der Waals surface area contributed by atoms with Gasteiger partial charge >= 0.3 is 5.97 Å². The summed E-state index contributed by atoms with van der Waals surface area (Å²) in [5, 5.41) is 174. The van der Waals surface area contributed by atoms with E-state index in [2.05, 4.69) is 0 Å². The van der Waals surface area contributed by atoms with Crippen molar-refractivity contribution in [3.8, 4) is 0 Å². The van der Waals surface area contributed by atoms with Crippen LogP contribution in [0.5, 0.6) is 0 Å². The Bertz CT molecular complexity index is 1800. The Morgan fingerprint density at radius 1 is 0.380 bits per heavy atom. The summed E-state index contributed by atoms with van der Waals surface area (Å²) in [5.41, 5.74) is 0. The lowest BCUT2D eigenvalue weighted by Crippen LogP contribution is -2.69. The Kier molecular flexibility index (Phi) is 25.7. The lowest BCUT2D eigenvalue weighted by atomic mass is 9.95. The van der Waals surface area contributed by atoms with Crippen molar-refractivity contribution in [2.75, 3.05) is 13.2 Å². The van der Waals surface area contributed by atoms with Crippen molar-refractivity contribution >= 4 is 5.97 Å². The Labute approximate surface area is 457 Å². The van der Waals surface area contributed by atoms with Gasteiger partial charge in [-0.05, 0) is 47.0 Å². The predicted octanol–water partition coefficient (Wildman–Crippen LogP) is -5.20. The Morgan fingerprint density at radius 3 is 1.22 bits per heavy atom. The standard InChI is InChI=1S/C50H88O29/c1-6-14-23(15-12-10-8-7-9-11-13-16-26(53)54)72-48-42(34(62)29(57)21(4)70-48)79-50-44(36(64)31(59)25(18-52)74-50)78-47-39(67)41(40(22(5)71-47)75-45-37(65)32(60)27(55)19(2)68-45)76-49-43(35(63)30(58)24(17-51)73-49)77-46-38(66)33(61)28(56)20(3)69-46/h19-25,27-52,55-67H,6-18H2,1-5H3,(H,53,54). The van der Waals surface area contributed by atoms with Crippen LogP contribution >= 0.6 is 0 Å². The smallest absolute Gasteiger partial charge is 0.303 e. The fourth-order valence-corrected chi connectivity index (χ4v) is 10.7. The minimum Gasteiger partial charge on any atom is -0.481 e. The lowest BCUT2D eigenvalue weighted by molar-refractivity contribution is -0.414. The molecule has 0 saturated carbocycles. The second-order valence-electron chi connectivity index (χ2n) is 21.6. The molecule has 6 aliphatic rings. The van der Waals surface area contributed by atoms with Gasteiger partial charge in [-0.25, -0.2) is 0 Å². The molecule has 29 nitrogen and oxygen atoms in total. The predicted molar refractivity (Wildman–Crippen MR) is 260 cm³/mol. The summed E-state index contributed by atoms with van der Waals surface area (Å²) in [4.78, 5) is 10.8. The van der Waals surface area contributed by atoms with E-state index in [1.807, 2.05) is 6.92 Å². The number of aliphatic carboxylic acids is 1. The first-order valence-electron chi connectivity index (χ1n) is 27.6. The van der Waals surface area contributed by atoms with Gasteiger partial charge in [-0.2, -0.15) is 0 Å². The van der Waals surface area contributed by atoms with Gasteiger partial charge in [0.05, 0.1) is 43.7 Å². The second kappa shape index (κ2) is 30.5.